The van der Waals surface area contributed by atoms with Crippen LogP contribution in [0.5, 0.6) is 0 Å². The van der Waals surface area contributed by atoms with Crippen LogP contribution in [0.25, 0.3) is 106 Å². The van der Waals surface area contributed by atoms with E-state index in [1.54, 1.807) is 0 Å². The summed E-state index contributed by atoms with van der Waals surface area (Å²) in [5.74, 6) is 0.692. The summed E-state index contributed by atoms with van der Waals surface area (Å²) in [5.41, 5.74) is 23.8. The van der Waals surface area contributed by atoms with Gasteiger partial charge in [-0.15, -0.1) is 0 Å². The van der Waals surface area contributed by atoms with Gasteiger partial charge < -0.3 is 9.47 Å². The molecule has 0 spiro atoms. The van der Waals surface area contributed by atoms with Crippen molar-refractivity contribution in [2.45, 2.75) is 19.3 Å². The molecule has 1 aliphatic rings. The molecular formula is C73H52N4. The van der Waals surface area contributed by atoms with E-state index in [9.17, 15) is 0 Å². The van der Waals surface area contributed by atoms with Crippen LogP contribution in [0.4, 0.5) is 17.1 Å². The highest BCUT2D eigenvalue weighted by molar-refractivity contribution is 6.13. The van der Waals surface area contributed by atoms with Gasteiger partial charge in [-0.3, -0.25) is 0 Å². The number of fused-ring (bicyclic) bond motifs is 6. The lowest BCUT2D eigenvalue weighted by Gasteiger charge is -2.26. The molecule has 2 heterocycles. The fourth-order valence-corrected chi connectivity index (χ4v) is 11.6. The number of benzene rings is 11. The Labute approximate surface area is 449 Å². The number of hydrogen-bond acceptors (Lipinski definition) is 3. The first-order valence-electron chi connectivity index (χ1n) is 26.5. The first-order valence-corrected chi connectivity index (χ1v) is 26.5. The Kier molecular flexibility index (Phi) is 11.2. The zero-order chi connectivity index (χ0) is 51.5. The maximum atomic E-state index is 5.16. The molecule has 0 unspecified atom stereocenters. The van der Waals surface area contributed by atoms with Gasteiger partial charge in [-0.25, -0.2) is 9.97 Å². The third-order valence-electron chi connectivity index (χ3n) is 15.6. The molecule has 4 heteroatoms. The average Bonchev–Trinajstić information content (AvgIpc) is 4.11. The molecule has 2 aromatic heterocycles. The molecule has 1 aliphatic carbocycles. The van der Waals surface area contributed by atoms with Crippen molar-refractivity contribution in [2.24, 2.45) is 0 Å². The van der Waals surface area contributed by atoms with Gasteiger partial charge in [0.25, 0.3) is 0 Å². The largest absolute Gasteiger partial charge is 0.311 e. The Morgan fingerprint density at radius 2 is 0.727 bits per heavy atom. The van der Waals surface area contributed by atoms with Crippen molar-refractivity contribution >= 4 is 38.9 Å². The maximum Gasteiger partial charge on any atom is 0.160 e. The van der Waals surface area contributed by atoms with Crippen LogP contribution in [0.2, 0.25) is 0 Å². The van der Waals surface area contributed by atoms with Gasteiger partial charge in [-0.1, -0.05) is 202 Å². The van der Waals surface area contributed by atoms with Crippen molar-refractivity contribution in [3.63, 3.8) is 0 Å². The molecule has 0 bridgehead atoms. The summed E-state index contributed by atoms with van der Waals surface area (Å²) in [7, 11) is 0. The van der Waals surface area contributed by atoms with Crippen LogP contribution in [-0.4, -0.2) is 14.5 Å². The molecule has 13 aromatic rings. The molecule has 0 aliphatic heterocycles. The van der Waals surface area contributed by atoms with Crippen molar-refractivity contribution in [3.05, 3.63) is 290 Å². The van der Waals surface area contributed by atoms with Crippen LogP contribution >= 0.6 is 0 Å². The average molecular weight is 985 g/mol. The van der Waals surface area contributed by atoms with Crippen LogP contribution in [0, 0.1) is 0 Å². The molecule has 0 saturated heterocycles. The third-order valence-corrected chi connectivity index (χ3v) is 15.6. The highest BCUT2D eigenvalue weighted by Gasteiger charge is 2.36. The number of nitrogens with zero attached hydrogens (tertiary/aromatic N) is 4. The van der Waals surface area contributed by atoms with Crippen LogP contribution in [0.3, 0.4) is 0 Å². The summed E-state index contributed by atoms with van der Waals surface area (Å²) in [6, 6.07) is 100. The van der Waals surface area contributed by atoms with Crippen molar-refractivity contribution in [3.8, 4) is 84.1 Å². The van der Waals surface area contributed by atoms with Crippen LogP contribution < -0.4 is 4.90 Å². The summed E-state index contributed by atoms with van der Waals surface area (Å²) in [6.45, 7) is 4.72. The van der Waals surface area contributed by atoms with E-state index < -0.39 is 0 Å². The predicted octanol–water partition coefficient (Wildman–Crippen LogP) is 19.4. The summed E-state index contributed by atoms with van der Waals surface area (Å²) in [5, 5.41) is 2.44. The molecular weight excluding hydrogens is 933 g/mol. The minimum absolute atomic E-state index is 0.155. The molecule has 0 radical (unpaired) electrons. The second-order valence-corrected chi connectivity index (χ2v) is 20.6. The SMILES string of the molecule is CC1(C)c2ccccc2-c2cc3c4cc(-c5ccc(N(c6ccc(-c7ccccc7)cc6)c6ccc(-c7ccccc7)cc6)cc5)ccc4n(-c4ccc(-c5nc(-c6ccccc6)cc(-c6ccccc6)n5)cc4)c3cc21. The quantitative estimate of drug-likeness (QED) is 0.137. The maximum absolute atomic E-state index is 5.16. The van der Waals surface area contributed by atoms with Crippen molar-refractivity contribution < 1.29 is 0 Å². The van der Waals surface area contributed by atoms with E-state index in [2.05, 4.69) is 290 Å². The molecule has 0 atom stereocenters. The van der Waals surface area contributed by atoms with E-state index in [1.165, 1.54) is 60.8 Å². The topological polar surface area (TPSA) is 34.0 Å². The second-order valence-electron chi connectivity index (χ2n) is 20.6. The van der Waals surface area contributed by atoms with Gasteiger partial charge in [0.2, 0.25) is 0 Å². The van der Waals surface area contributed by atoms with Crippen LogP contribution in [0.15, 0.2) is 279 Å². The monoisotopic (exact) mass is 984 g/mol. The molecule has 4 nitrogen and oxygen atoms in total. The second kappa shape index (κ2) is 18.8. The van der Waals surface area contributed by atoms with E-state index in [4.69, 9.17) is 9.97 Å². The molecule has 0 fully saturated rings. The van der Waals surface area contributed by atoms with Gasteiger partial charge in [0.05, 0.1) is 22.4 Å². The Bertz CT molecular complexity index is 4140. The van der Waals surface area contributed by atoms with E-state index >= 15 is 0 Å². The Morgan fingerprint density at radius 3 is 1.25 bits per heavy atom. The van der Waals surface area contributed by atoms with Gasteiger partial charge in [0.15, 0.2) is 5.82 Å². The fourth-order valence-electron chi connectivity index (χ4n) is 11.6. The molecule has 0 saturated carbocycles. The summed E-state index contributed by atoms with van der Waals surface area (Å²) >= 11 is 0. The number of rotatable bonds is 10. The van der Waals surface area contributed by atoms with E-state index in [0.29, 0.717) is 5.82 Å². The lowest BCUT2D eigenvalue weighted by Crippen LogP contribution is -2.14. The molecule has 364 valence electrons. The van der Waals surface area contributed by atoms with Crippen LogP contribution in [-0.2, 0) is 5.41 Å². The lowest BCUT2D eigenvalue weighted by molar-refractivity contribution is 0.661. The molecule has 14 rings (SSSR count). The van der Waals surface area contributed by atoms with Gasteiger partial charge in [0, 0.05) is 55.6 Å². The minimum atomic E-state index is -0.155. The zero-order valence-electron chi connectivity index (χ0n) is 42.8. The standard InChI is InChI=1S/C73H52N4/c1-73(2)66-26-16-15-25-62(66)63-46-65-64-45-57(53-31-40-60(41-32-53)76(58-36-27-51(28-37-58)49-17-7-3-8-18-49)59-38-29-52(30-39-59)50-19-9-4-10-20-50)35-44-70(64)77(71(65)47-67(63)73)61-42-33-56(34-43-61)72-74-68(54-21-11-5-12-22-54)48-69(75-72)55-23-13-6-14-24-55/h3-48H,1-2H3. The van der Waals surface area contributed by atoms with Crippen molar-refractivity contribution in [2.75, 3.05) is 4.90 Å². The third kappa shape index (κ3) is 8.19. The van der Waals surface area contributed by atoms with Crippen molar-refractivity contribution in [1.82, 2.24) is 14.5 Å². The molecule has 0 N–H and O–H groups in total. The first kappa shape index (κ1) is 45.7. The summed E-state index contributed by atoms with van der Waals surface area (Å²) < 4.78 is 2.45. The Hall–Kier alpha value is -9.90. The highest BCUT2D eigenvalue weighted by atomic mass is 15.1. The van der Waals surface area contributed by atoms with E-state index in [1.807, 2.05) is 12.1 Å². The smallest absolute Gasteiger partial charge is 0.160 e. The number of aromatic nitrogens is 3. The molecule has 0 amide bonds. The van der Waals surface area contributed by atoms with E-state index in [-0.39, 0.29) is 5.41 Å². The van der Waals surface area contributed by atoms with Gasteiger partial charge >= 0.3 is 0 Å². The fraction of sp³-hybridized carbons (Fsp3) is 0.0411. The van der Waals surface area contributed by atoms with Gasteiger partial charge in [-0.2, -0.15) is 0 Å². The lowest BCUT2D eigenvalue weighted by atomic mass is 9.82. The Balaban J connectivity index is 0.868. The van der Waals surface area contributed by atoms with Crippen LogP contribution in [0.1, 0.15) is 25.0 Å². The Morgan fingerprint density at radius 1 is 0.312 bits per heavy atom. The van der Waals surface area contributed by atoms with E-state index in [0.717, 1.165) is 67.5 Å². The predicted molar refractivity (Wildman–Crippen MR) is 321 cm³/mol. The number of anilines is 3. The van der Waals surface area contributed by atoms with Gasteiger partial charge in [-0.05, 0) is 147 Å². The molecule has 77 heavy (non-hydrogen) atoms. The van der Waals surface area contributed by atoms with Crippen molar-refractivity contribution in [1.29, 1.82) is 0 Å². The minimum Gasteiger partial charge on any atom is -0.311 e. The zero-order valence-corrected chi connectivity index (χ0v) is 42.8. The van der Waals surface area contributed by atoms with Gasteiger partial charge in [0.1, 0.15) is 0 Å². The summed E-state index contributed by atoms with van der Waals surface area (Å²) in [4.78, 5) is 12.7. The normalized spacial score (nSPS) is 12.4. The number of hydrogen-bond donors (Lipinski definition) is 0. The highest BCUT2D eigenvalue weighted by Crippen LogP contribution is 2.51. The summed E-state index contributed by atoms with van der Waals surface area (Å²) in [6.07, 6.45) is 0. The first-order chi connectivity index (χ1) is 37.9. The molecule has 11 aromatic carbocycles.